The molecule has 4 nitrogen and oxygen atoms in total. The van der Waals surface area contributed by atoms with Crippen LogP contribution in [0.2, 0.25) is 0 Å². The second-order valence-corrected chi connectivity index (χ2v) is 6.41. The lowest BCUT2D eigenvalue weighted by Gasteiger charge is -2.36. The van der Waals surface area contributed by atoms with Crippen molar-refractivity contribution in [2.24, 2.45) is 0 Å². The van der Waals surface area contributed by atoms with E-state index in [4.69, 9.17) is 4.74 Å². The van der Waals surface area contributed by atoms with Crippen LogP contribution in [0, 0.1) is 0 Å². The minimum Gasteiger partial charge on any atom is -0.465 e. The topological polar surface area (TPSA) is 42.4 Å². The fraction of sp³-hybridized carbons (Fsp3) is 0.538. The molecule has 0 saturated carbocycles. The number of rotatable bonds is 2. The van der Waals surface area contributed by atoms with Gasteiger partial charge in [0.25, 0.3) is 0 Å². The Bertz CT molecular complexity index is 429. The molecule has 1 aliphatic heterocycles. The minimum atomic E-state index is -0.323. The van der Waals surface area contributed by atoms with Crippen LogP contribution in [0.5, 0.6) is 0 Å². The fourth-order valence-electron chi connectivity index (χ4n) is 2.27. The van der Waals surface area contributed by atoms with Crippen molar-refractivity contribution in [3.8, 4) is 0 Å². The number of ether oxygens (including phenoxy) is 1. The van der Waals surface area contributed by atoms with Gasteiger partial charge in [0, 0.05) is 29.8 Å². The van der Waals surface area contributed by atoms with Gasteiger partial charge in [-0.15, -0.1) is 0 Å². The third-order valence-corrected chi connectivity index (χ3v) is 4.14. The summed E-state index contributed by atoms with van der Waals surface area (Å²) >= 11 is 1.97. The molecule has 0 bridgehead atoms. The lowest BCUT2D eigenvalue weighted by molar-refractivity contribution is 0.0601. The summed E-state index contributed by atoms with van der Waals surface area (Å²) in [6.45, 7) is 6.23. The zero-order valence-electron chi connectivity index (χ0n) is 10.9. The number of anilines is 1. The maximum absolute atomic E-state index is 11.7. The number of nitrogens with zero attached hydrogens (tertiary/aromatic N) is 2. The monoisotopic (exact) mass is 266 g/mol. The van der Waals surface area contributed by atoms with Gasteiger partial charge in [-0.05, 0) is 12.1 Å². The SMILES string of the molecule is COC(=O)c1cccnc1N1C[C@@H](C)S[C@H](C)C1. The largest absolute Gasteiger partial charge is 0.465 e. The van der Waals surface area contributed by atoms with E-state index in [-0.39, 0.29) is 5.97 Å². The lowest BCUT2D eigenvalue weighted by atomic mass is 10.2. The number of thioether (sulfide) groups is 1. The second kappa shape index (κ2) is 5.61. The molecule has 0 spiro atoms. The molecule has 2 rings (SSSR count). The first kappa shape index (κ1) is 13.2. The molecule has 5 heteroatoms. The highest BCUT2D eigenvalue weighted by Crippen LogP contribution is 2.29. The first-order valence-electron chi connectivity index (χ1n) is 6.05. The number of methoxy groups -OCH3 is 1. The Balaban J connectivity index is 2.29. The van der Waals surface area contributed by atoms with Crippen molar-refractivity contribution in [1.82, 2.24) is 4.98 Å². The van der Waals surface area contributed by atoms with E-state index in [0.29, 0.717) is 16.1 Å². The summed E-state index contributed by atoms with van der Waals surface area (Å²) < 4.78 is 4.81. The molecular formula is C13H18N2O2S. The van der Waals surface area contributed by atoms with Gasteiger partial charge in [-0.25, -0.2) is 9.78 Å². The van der Waals surface area contributed by atoms with Crippen LogP contribution in [0.1, 0.15) is 24.2 Å². The summed E-state index contributed by atoms with van der Waals surface area (Å²) in [5.74, 6) is 0.417. The molecule has 0 aliphatic carbocycles. The number of esters is 1. The summed E-state index contributed by atoms with van der Waals surface area (Å²) in [4.78, 5) is 18.3. The molecule has 0 unspecified atom stereocenters. The van der Waals surface area contributed by atoms with Crippen molar-refractivity contribution >= 4 is 23.5 Å². The van der Waals surface area contributed by atoms with Crippen molar-refractivity contribution in [1.29, 1.82) is 0 Å². The highest BCUT2D eigenvalue weighted by molar-refractivity contribution is 8.00. The van der Waals surface area contributed by atoms with Gasteiger partial charge in [0.1, 0.15) is 11.4 Å². The van der Waals surface area contributed by atoms with Crippen LogP contribution in [0.25, 0.3) is 0 Å². The van der Waals surface area contributed by atoms with E-state index in [2.05, 4.69) is 23.7 Å². The zero-order chi connectivity index (χ0) is 13.1. The molecule has 98 valence electrons. The molecule has 2 atom stereocenters. The summed E-state index contributed by atoms with van der Waals surface area (Å²) in [6, 6.07) is 3.53. The zero-order valence-corrected chi connectivity index (χ0v) is 11.7. The van der Waals surface area contributed by atoms with Crippen molar-refractivity contribution in [2.45, 2.75) is 24.3 Å². The molecule has 0 radical (unpaired) electrons. The van der Waals surface area contributed by atoms with Crippen molar-refractivity contribution in [3.05, 3.63) is 23.9 Å². The predicted octanol–water partition coefficient (Wildman–Crippen LogP) is 2.20. The van der Waals surface area contributed by atoms with Crippen LogP contribution in [0.3, 0.4) is 0 Å². The van der Waals surface area contributed by atoms with E-state index in [1.165, 1.54) is 7.11 Å². The maximum atomic E-state index is 11.7. The number of hydrogen-bond acceptors (Lipinski definition) is 5. The van der Waals surface area contributed by atoms with Crippen LogP contribution in [0.4, 0.5) is 5.82 Å². The molecule has 0 N–H and O–H groups in total. The van der Waals surface area contributed by atoms with Crippen LogP contribution in [0.15, 0.2) is 18.3 Å². The third kappa shape index (κ3) is 2.77. The molecule has 18 heavy (non-hydrogen) atoms. The smallest absolute Gasteiger partial charge is 0.341 e. The van der Waals surface area contributed by atoms with Crippen molar-refractivity contribution < 1.29 is 9.53 Å². The first-order chi connectivity index (χ1) is 8.61. The minimum absolute atomic E-state index is 0.323. The van der Waals surface area contributed by atoms with Crippen LogP contribution in [-0.4, -0.2) is 41.7 Å². The molecule has 1 saturated heterocycles. The van der Waals surface area contributed by atoms with Gasteiger partial charge in [0.15, 0.2) is 0 Å². The van der Waals surface area contributed by atoms with Gasteiger partial charge in [-0.1, -0.05) is 13.8 Å². The number of carbonyl (C=O) groups is 1. The van der Waals surface area contributed by atoms with Gasteiger partial charge in [-0.3, -0.25) is 0 Å². The Kier molecular flexibility index (Phi) is 4.11. The van der Waals surface area contributed by atoms with Gasteiger partial charge in [0.2, 0.25) is 0 Å². The quantitative estimate of drug-likeness (QED) is 0.768. The summed E-state index contributed by atoms with van der Waals surface area (Å²) in [5, 5.41) is 1.09. The number of aromatic nitrogens is 1. The van der Waals surface area contributed by atoms with E-state index in [1.54, 1.807) is 18.3 Å². The summed E-state index contributed by atoms with van der Waals surface area (Å²) in [6.07, 6.45) is 1.72. The average molecular weight is 266 g/mol. The highest BCUT2D eigenvalue weighted by Gasteiger charge is 2.26. The van der Waals surface area contributed by atoms with E-state index in [1.807, 2.05) is 11.8 Å². The Hall–Kier alpha value is -1.23. The predicted molar refractivity (Wildman–Crippen MR) is 74.3 cm³/mol. The molecule has 1 aliphatic rings. The van der Waals surface area contributed by atoms with E-state index >= 15 is 0 Å². The van der Waals surface area contributed by atoms with Gasteiger partial charge in [0.05, 0.1) is 7.11 Å². The van der Waals surface area contributed by atoms with Crippen molar-refractivity contribution in [2.75, 3.05) is 25.1 Å². The second-order valence-electron chi connectivity index (χ2n) is 4.53. The van der Waals surface area contributed by atoms with Crippen LogP contribution < -0.4 is 4.90 Å². The van der Waals surface area contributed by atoms with Crippen LogP contribution in [-0.2, 0) is 4.74 Å². The molecule has 1 aromatic rings. The standard InChI is InChI=1S/C13H18N2O2S/c1-9-7-15(8-10(2)18-9)12-11(13(16)17-3)5-4-6-14-12/h4-6,9-10H,7-8H2,1-3H3/t9-,10-/m1/s1. The molecule has 1 fully saturated rings. The van der Waals surface area contributed by atoms with E-state index in [0.717, 1.165) is 18.9 Å². The average Bonchev–Trinajstić information content (AvgIpc) is 2.36. The summed E-state index contributed by atoms with van der Waals surface area (Å²) in [7, 11) is 1.40. The molecule has 2 heterocycles. The maximum Gasteiger partial charge on any atom is 0.341 e. The normalized spacial score (nSPS) is 23.8. The third-order valence-electron chi connectivity index (χ3n) is 2.91. The lowest BCUT2D eigenvalue weighted by Crippen LogP contribution is -2.41. The summed E-state index contributed by atoms with van der Waals surface area (Å²) in [5.41, 5.74) is 0.548. The number of pyridine rings is 1. The molecule has 1 aromatic heterocycles. The van der Waals surface area contributed by atoms with Crippen molar-refractivity contribution in [3.63, 3.8) is 0 Å². The molecule has 0 aromatic carbocycles. The van der Waals surface area contributed by atoms with Crippen LogP contribution >= 0.6 is 11.8 Å². The first-order valence-corrected chi connectivity index (χ1v) is 7.00. The van der Waals surface area contributed by atoms with Gasteiger partial charge >= 0.3 is 5.97 Å². The van der Waals surface area contributed by atoms with Gasteiger partial charge < -0.3 is 9.64 Å². The Morgan fingerprint density at radius 1 is 1.44 bits per heavy atom. The Morgan fingerprint density at radius 2 is 2.11 bits per heavy atom. The molecule has 0 amide bonds. The molecular weight excluding hydrogens is 248 g/mol. The fourth-order valence-corrected chi connectivity index (χ4v) is 3.59. The Morgan fingerprint density at radius 3 is 2.72 bits per heavy atom. The van der Waals surface area contributed by atoms with E-state index < -0.39 is 0 Å². The number of carbonyl (C=O) groups excluding carboxylic acids is 1. The highest BCUT2D eigenvalue weighted by atomic mass is 32.2. The number of hydrogen-bond donors (Lipinski definition) is 0. The Labute approximate surface area is 112 Å². The van der Waals surface area contributed by atoms with Gasteiger partial charge in [-0.2, -0.15) is 11.8 Å². The van der Waals surface area contributed by atoms with E-state index in [9.17, 15) is 4.79 Å².